The minimum atomic E-state index is -0.859. The van der Waals surface area contributed by atoms with Crippen molar-refractivity contribution < 1.29 is 23.9 Å². The molecule has 4 amide bonds. The number of aryl methyl sites for hydroxylation is 1. The molecule has 2 aromatic carbocycles. The Labute approximate surface area is 166 Å². The third kappa shape index (κ3) is 4.32. The smallest absolute Gasteiger partial charge is 0.328 e. The lowest BCUT2D eigenvalue weighted by atomic mass is 10.1. The quantitative estimate of drug-likeness (QED) is 0.594. The van der Waals surface area contributed by atoms with Gasteiger partial charge < -0.3 is 9.47 Å². The summed E-state index contributed by atoms with van der Waals surface area (Å²) in [6.45, 7) is 2.29. The number of amides is 4. The van der Waals surface area contributed by atoms with Gasteiger partial charge in [0.2, 0.25) is 0 Å². The number of nitrogens with one attached hydrogen (secondary N) is 2. The summed E-state index contributed by atoms with van der Waals surface area (Å²) in [4.78, 5) is 34.9. The van der Waals surface area contributed by atoms with Crippen molar-refractivity contribution in [3.05, 3.63) is 63.7 Å². The summed E-state index contributed by atoms with van der Waals surface area (Å²) in [7, 11) is 1.46. The van der Waals surface area contributed by atoms with E-state index < -0.39 is 17.8 Å². The lowest BCUT2D eigenvalue weighted by molar-refractivity contribution is -0.123. The Hall–Kier alpha value is -3.32. The number of hydrogen-bond donors (Lipinski definition) is 2. The van der Waals surface area contributed by atoms with Crippen molar-refractivity contribution in [1.82, 2.24) is 10.6 Å². The Bertz CT molecular complexity index is 978. The summed E-state index contributed by atoms with van der Waals surface area (Å²) >= 11 is 6.33. The third-order valence-corrected chi connectivity index (χ3v) is 4.25. The monoisotopic (exact) mass is 400 g/mol. The van der Waals surface area contributed by atoms with Gasteiger partial charge in [0.05, 0.1) is 12.1 Å². The van der Waals surface area contributed by atoms with Crippen LogP contribution in [0.25, 0.3) is 6.08 Å². The second-order valence-corrected chi connectivity index (χ2v) is 6.51. The molecule has 7 nitrogen and oxygen atoms in total. The van der Waals surface area contributed by atoms with Crippen LogP contribution in [0, 0.1) is 6.92 Å². The molecule has 0 spiro atoms. The van der Waals surface area contributed by atoms with Crippen LogP contribution in [0.3, 0.4) is 0 Å². The maximum Gasteiger partial charge on any atom is 0.328 e. The van der Waals surface area contributed by atoms with E-state index in [0.717, 1.165) is 11.1 Å². The van der Waals surface area contributed by atoms with Crippen LogP contribution in [-0.4, -0.2) is 25.0 Å². The summed E-state index contributed by atoms with van der Waals surface area (Å²) in [5.41, 5.74) is 2.32. The molecule has 3 rings (SSSR count). The predicted molar refractivity (Wildman–Crippen MR) is 103 cm³/mol. The molecule has 1 saturated heterocycles. The van der Waals surface area contributed by atoms with Crippen molar-refractivity contribution >= 4 is 35.5 Å². The fraction of sp³-hybridized carbons (Fsp3) is 0.150. The largest absolute Gasteiger partial charge is 0.493 e. The van der Waals surface area contributed by atoms with E-state index in [4.69, 9.17) is 21.1 Å². The fourth-order valence-electron chi connectivity index (χ4n) is 2.69. The number of carbonyl (C=O) groups excluding carboxylic acids is 3. The minimum absolute atomic E-state index is 0.217. The summed E-state index contributed by atoms with van der Waals surface area (Å²) in [6.07, 6.45) is 1.32. The third-order valence-electron chi connectivity index (χ3n) is 3.97. The first-order valence-corrected chi connectivity index (χ1v) is 8.69. The normalized spacial score (nSPS) is 13.7. The molecule has 1 fully saturated rings. The van der Waals surface area contributed by atoms with Gasteiger partial charge in [-0.25, -0.2) is 4.79 Å². The van der Waals surface area contributed by atoms with E-state index in [0.29, 0.717) is 23.7 Å². The van der Waals surface area contributed by atoms with Crippen molar-refractivity contribution in [2.75, 3.05) is 7.11 Å². The minimum Gasteiger partial charge on any atom is -0.493 e. The van der Waals surface area contributed by atoms with Crippen molar-refractivity contribution in [2.45, 2.75) is 13.5 Å². The molecule has 2 N–H and O–H groups in total. The highest BCUT2D eigenvalue weighted by Crippen LogP contribution is 2.37. The molecule has 2 aromatic rings. The Morgan fingerprint density at radius 3 is 2.43 bits per heavy atom. The van der Waals surface area contributed by atoms with Crippen LogP contribution >= 0.6 is 11.6 Å². The molecule has 0 unspecified atom stereocenters. The van der Waals surface area contributed by atoms with E-state index in [1.54, 1.807) is 12.1 Å². The SMILES string of the molecule is COc1cc(C=C2C(=O)NC(=O)NC2=O)cc(Cl)c1OCc1cccc(C)c1. The van der Waals surface area contributed by atoms with Crippen molar-refractivity contribution in [3.8, 4) is 11.5 Å². The second-order valence-electron chi connectivity index (χ2n) is 6.11. The molecular weight excluding hydrogens is 384 g/mol. The van der Waals surface area contributed by atoms with E-state index >= 15 is 0 Å². The van der Waals surface area contributed by atoms with Crippen molar-refractivity contribution in [2.24, 2.45) is 0 Å². The number of hydrogen-bond acceptors (Lipinski definition) is 5. The van der Waals surface area contributed by atoms with Gasteiger partial charge in [-0.2, -0.15) is 0 Å². The van der Waals surface area contributed by atoms with E-state index in [2.05, 4.69) is 0 Å². The number of urea groups is 1. The lowest BCUT2D eigenvalue weighted by Crippen LogP contribution is -2.51. The number of ether oxygens (including phenoxy) is 2. The fourth-order valence-corrected chi connectivity index (χ4v) is 2.97. The predicted octanol–water partition coefficient (Wildman–Crippen LogP) is 2.99. The van der Waals surface area contributed by atoms with Gasteiger partial charge >= 0.3 is 6.03 Å². The zero-order chi connectivity index (χ0) is 20.3. The van der Waals surface area contributed by atoms with Crippen LogP contribution in [0.1, 0.15) is 16.7 Å². The summed E-state index contributed by atoms with van der Waals surface area (Å²) in [5.74, 6) is -0.882. The Kier molecular flexibility index (Phi) is 5.65. The van der Waals surface area contributed by atoms with E-state index in [9.17, 15) is 14.4 Å². The molecule has 0 bridgehead atoms. The second kappa shape index (κ2) is 8.14. The number of imide groups is 2. The molecule has 0 aromatic heterocycles. The molecule has 0 atom stereocenters. The topological polar surface area (TPSA) is 93.7 Å². The van der Waals surface area contributed by atoms with Crippen LogP contribution in [0.15, 0.2) is 42.0 Å². The van der Waals surface area contributed by atoms with Crippen LogP contribution in [0.2, 0.25) is 5.02 Å². The number of benzene rings is 2. The zero-order valence-electron chi connectivity index (χ0n) is 15.2. The van der Waals surface area contributed by atoms with Crippen molar-refractivity contribution in [3.63, 3.8) is 0 Å². The summed E-state index contributed by atoms with van der Waals surface area (Å²) in [6, 6.07) is 10.1. The van der Waals surface area contributed by atoms with Crippen LogP contribution in [0.4, 0.5) is 4.79 Å². The molecule has 28 heavy (non-hydrogen) atoms. The Balaban J connectivity index is 1.87. The molecule has 0 aliphatic carbocycles. The standard InChI is InChI=1S/C20H17ClN2O5/c1-11-4-3-5-12(6-11)10-28-17-15(21)8-13(9-16(17)27-2)7-14-18(24)22-20(26)23-19(14)25/h3-9H,10H2,1-2H3,(H2,22,23,24,25,26). The van der Waals surface area contributed by atoms with Crippen LogP contribution in [0.5, 0.6) is 11.5 Å². The molecule has 1 aliphatic heterocycles. The van der Waals surface area contributed by atoms with Gasteiger partial charge in [0.15, 0.2) is 11.5 Å². The first-order valence-electron chi connectivity index (χ1n) is 8.31. The highest BCUT2D eigenvalue weighted by molar-refractivity contribution is 6.33. The highest BCUT2D eigenvalue weighted by atomic mass is 35.5. The highest BCUT2D eigenvalue weighted by Gasteiger charge is 2.27. The molecule has 144 valence electrons. The van der Waals surface area contributed by atoms with Gasteiger partial charge in [-0.1, -0.05) is 41.4 Å². The van der Waals surface area contributed by atoms with Gasteiger partial charge in [-0.3, -0.25) is 20.2 Å². The number of barbiturate groups is 1. The lowest BCUT2D eigenvalue weighted by Gasteiger charge is -2.16. The number of methoxy groups -OCH3 is 1. The average Bonchev–Trinajstić information content (AvgIpc) is 2.63. The number of carbonyl (C=O) groups is 3. The average molecular weight is 401 g/mol. The first-order chi connectivity index (χ1) is 13.4. The number of halogens is 1. The van der Waals surface area contributed by atoms with E-state index in [-0.39, 0.29) is 10.6 Å². The number of rotatable bonds is 5. The van der Waals surface area contributed by atoms with Gasteiger partial charge in [-0.05, 0) is 36.3 Å². The van der Waals surface area contributed by atoms with Gasteiger partial charge in [0, 0.05) is 0 Å². The first kappa shape index (κ1) is 19.4. The van der Waals surface area contributed by atoms with E-state index in [1.165, 1.54) is 13.2 Å². The van der Waals surface area contributed by atoms with Gasteiger partial charge in [-0.15, -0.1) is 0 Å². The van der Waals surface area contributed by atoms with Gasteiger partial charge in [0.25, 0.3) is 11.8 Å². The zero-order valence-corrected chi connectivity index (χ0v) is 15.9. The Morgan fingerprint density at radius 1 is 1.07 bits per heavy atom. The van der Waals surface area contributed by atoms with Crippen molar-refractivity contribution in [1.29, 1.82) is 0 Å². The Morgan fingerprint density at radius 2 is 1.79 bits per heavy atom. The molecular formula is C20H17ClN2O5. The molecule has 1 heterocycles. The maximum absolute atomic E-state index is 11.9. The summed E-state index contributed by atoms with van der Waals surface area (Å²) in [5, 5.41) is 4.28. The molecule has 1 aliphatic rings. The van der Waals surface area contributed by atoms with E-state index in [1.807, 2.05) is 41.8 Å². The summed E-state index contributed by atoms with van der Waals surface area (Å²) < 4.78 is 11.2. The van der Waals surface area contributed by atoms with Crippen LogP contribution in [-0.2, 0) is 16.2 Å². The molecule has 8 heteroatoms. The molecule has 0 radical (unpaired) electrons. The molecule has 0 saturated carbocycles. The maximum atomic E-state index is 11.9. The van der Waals surface area contributed by atoms with Gasteiger partial charge in [0.1, 0.15) is 12.2 Å². The van der Waals surface area contributed by atoms with Crippen LogP contribution < -0.4 is 20.1 Å².